The number of amides is 1. The maximum absolute atomic E-state index is 12.4. The minimum absolute atomic E-state index is 0.155. The molecule has 20 heavy (non-hydrogen) atoms. The highest BCUT2D eigenvalue weighted by atomic mass is 35.5. The number of rotatable bonds is 2. The third kappa shape index (κ3) is 2.11. The molecule has 104 valence electrons. The highest BCUT2D eigenvalue weighted by Crippen LogP contribution is 2.48. The van der Waals surface area contributed by atoms with Crippen molar-refractivity contribution in [2.24, 2.45) is 17.8 Å². The van der Waals surface area contributed by atoms with E-state index in [0.29, 0.717) is 16.1 Å². The summed E-state index contributed by atoms with van der Waals surface area (Å²) in [5.41, 5.74) is 0.891. The lowest BCUT2D eigenvalue weighted by atomic mass is 9.88. The van der Waals surface area contributed by atoms with Crippen LogP contribution in [-0.2, 0) is 4.79 Å². The van der Waals surface area contributed by atoms with Gasteiger partial charge < -0.3 is 5.32 Å². The summed E-state index contributed by atoms with van der Waals surface area (Å²) in [6, 6.07) is 5.61. The van der Waals surface area contributed by atoms with E-state index in [2.05, 4.69) is 10.3 Å². The number of hydrogen-bond donors (Lipinski definition) is 1. The molecular weight excluding hydrogens is 292 g/mol. The standard InChI is InChI=1S/C15H15ClN2OS/c16-10-3-4-12-13(7-10)20-15(17-12)18-14(19)11-6-8-1-2-9(11)5-8/h3-4,7-9,11H,1-2,5-6H2,(H,17,18,19)/t8-,9-,11+/m1/s1. The fourth-order valence-electron chi connectivity index (χ4n) is 3.72. The molecule has 0 saturated heterocycles. The highest BCUT2D eigenvalue weighted by molar-refractivity contribution is 7.22. The van der Waals surface area contributed by atoms with Gasteiger partial charge in [0, 0.05) is 10.9 Å². The predicted molar refractivity (Wildman–Crippen MR) is 82.2 cm³/mol. The Morgan fingerprint density at radius 3 is 3.00 bits per heavy atom. The van der Waals surface area contributed by atoms with Gasteiger partial charge in [-0.1, -0.05) is 29.4 Å². The van der Waals surface area contributed by atoms with Crippen molar-refractivity contribution in [1.29, 1.82) is 0 Å². The van der Waals surface area contributed by atoms with Gasteiger partial charge in [0.2, 0.25) is 5.91 Å². The van der Waals surface area contributed by atoms with Gasteiger partial charge in [0.25, 0.3) is 0 Å². The second kappa shape index (κ2) is 4.71. The first-order chi connectivity index (χ1) is 9.69. The number of thiazole rings is 1. The normalized spacial score (nSPS) is 28.1. The Hall–Kier alpha value is -1.13. The van der Waals surface area contributed by atoms with Crippen molar-refractivity contribution < 1.29 is 4.79 Å². The van der Waals surface area contributed by atoms with Gasteiger partial charge in [0.1, 0.15) is 0 Å². The molecule has 1 N–H and O–H groups in total. The molecule has 4 rings (SSSR count). The monoisotopic (exact) mass is 306 g/mol. The summed E-state index contributed by atoms with van der Waals surface area (Å²) in [4.78, 5) is 16.8. The highest BCUT2D eigenvalue weighted by Gasteiger charge is 2.43. The molecule has 5 heteroatoms. The fourth-order valence-corrected chi connectivity index (χ4v) is 4.86. The molecule has 2 aliphatic carbocycles. The Labute approximate surface area is 126 Å². The molecule has 1 aromatic heterocycles. The van der Waals surface area contributed by atoms with E-state index in [1.54, 1.807) is 0 Å². The fraction of sp³-hybridized carbons (Fsp3) is 0.467. The quantitative estimate of drug-likeness (QED) is 0.897. The van der Waals surface area contributed by atoms with Gasteiger partial charge >= 0.3 is 0 Å². The summed E-state index contributed by atoms with van der Waals surface area (Å²) < 4.78 is 1.01. The van der Waals surface area contributed by atoms with Gasteiger partial charge in [0.15, 0.2) is 5.13 Å². The Balaban J connectivity index is 1.53. The van der Waals surface area contributed by atoms with Crippen molar-refractivity contribution in [3.05, 3.63) is 23.2 Å². The van der Waals surface area contributed by atoms with Gasteiger partial charge in [-0.15, -0.1) is 0 Å². The van der Waals surface area contributed by atoms with Crippen molar-refractivity contribution in [2.75, 3.05) is 5.32 Å². The molecule has 2 aliphatic rings. The maximum atomic E-state index is 12.4. The number of carbonyl (C=O) groups is 1. The van der Waals surface area contributed by atoms with Crippen LogP contribution in [0.3, 0.4) is 0 Å². The van der Waals surface area contributed by atoms with Crippen LogP contribution in [0.15, 0.2) is 18.2 Å². The Morgan fingerprint density at radius 1 is 1.35 bits per heavy atom. The van der Waals surface area contributed by atoms with Crippen molar-refractivity contribution >= 4 is 44.2 Å². The molecule has 0 radical (unpaired) electrons. The lowest BCUT2D eigenvalue weighted by molar-refractivity contribution is -0.121. The molecular formula is C15H15ClN2OS. The van der Waals surface area contributed by atoms with E-state index in [-0.39, 0.29) is 11.8 Å². The Kier molecular flexibility index (Phi) is 2.97. The third-order valence-corrected chi connectivity index (χ3v) is 5.82. The van der Waals surface area contributed by atoms with Crippen LogP contribution in [0, 0.1) is 17.8 Å². The molecule has 1 aromatic carbocycles. The second-order valence-corrected chi connectivity index (χ2v) is 7.37. The number of nitrogens with zero attached hydrogens (tertiary/aromatic N) is 1. The van der Waals surface area contributed by atoms with Crippen LogP contribution in [0.4, 0.5) is 5.13 Å². The van der Waals surface area contributed by atoms with Gasteiger partial charge in [0.05, 0.1) is 10.2 Å². The first-order valence-electron chi connectivity index (χ1n) is 7.06. The van der Waals surface area contributed by atoms with Crippen molar-refractivity contribution in [1.82, 2.24) is 4.98 Å². The average molecular weight is 307 g/mol. The molecule has 1 amide bonds. The van der Waals surface area contributed by atoms with Crippen molar-refractivity contribution in [2.45, 2.75) is 25.7 Å². The number of anilines is 1. The molecule has 2 bridgehead atoms. The third-order valence-electron chi connectivity index (χ3n) is 4.66. The van der Waals surface area contributed by atoms with E-state index in [9.17, 15) is 4.79 Å². The first kappa shape index (κ1) is 12.6. The summed E-state index contributed by atoms with van der Waals surface area (Å²) in [6.07, 6.45) is 4.84. The van der Waals surface area contributed by atoms with Crippen LogP contribution in [0.2, 0.25) is 5.02 Å². The van der Waals surface area contributed by atoms with Gasteiger partial charge in [-0.2, -0.15) is 0 Å². The van der Waals surface area contributed by atoms with Crippen LogP contribution < -0.4 is 5.32 Å². The van der Waals surface area contributed by atoms with Crippen LogP contribution in [0.25, 0.3) is 10.2 Å². The molecule has 2 aromatic rings. The number of benzene rings is 1. The molecule has 0 aliphatic heterocycles. The largest absolute Gasteiger partial charge is 0.302 e. The number of halogens is 1. The number of aromatic nitrogens is 1. The summed E-state index contributed by atoms with van der Waals surface area (Å²) in [7, 11) is 0. The summed E-state index contributed by atoms with van der Waals surface area (Å²) >= 11 is 7.46. The van der Waals surface area contributed by atoms with E-state index < -0.39 is 0 Å². The van der Waals surface area contributed by atoms with E-state index in [4.69, 9.17) is 11.6 Å². The molecule has 3 atom stereocenters. The molecule has 2 fully saturated rings. The molecule has 0 spiro atoms. The summed E-state index contributed by atoms with van der Waals surface area (Å²) in [5, 5.41) is 4.39. The van der Waals surface area contributed by atoms with Gasteiger partial charge in [-0.25, -0.2) is 4.98 Å². The number of nitrogens with one attached hydrogen (secondary N) is 1. The van der Waals surface area contributed by atoms with Crippen LogP contribution >= 0.6 is 22.9 Å². The van der Waals surface area contributed by atoms with Crippen LogP contribution in [-0.4, -0.2) is 10.9 Å². The minimum Gasteiger partial charge on any atom is -0.302 e. The zero-order valence-electron chi connectivity index (χ0n) is 10.9. The summed E-state index contributed by atoms with van der Waals surface area (Å²) in [5.74, 6) is 1.74. The Morgan fingerprint density at radius 2 is 2.25 bits per heavy atom. The van der Waals surface area contributed by atoms with Crippen LogP contribution in [0.5, 0.6) is 0 Å². The molecule has 1 heterocycles. The topological polar surface area (TPSA) is 42.0 Å². The van der Waals surface area contributed by atoms with Gasteiger partial charge in [-0.05, 0) is 49.3 Å². The molecule has 2 saturated carbocycles. The van der Waals surface area contributed by atoms with Crippen LogP contribution in [0.1, 0.15) is 25.7 Å². The lowest BCUT2D eigenvalue weighted by Gasteiger charge is -2.19. The minimum atomic E-state index is 0.155. The van der Waals surface area contributed by atoms with Crippen molar-refractivity contribution in [3.8, 4) is 0 Å². The maximum Gasteiger partial charge on any atom is 0.229 e. The summed E-state index contributed by atoms with van der Waals surface area (Å²) in [6.45, 7) is 0. The van der Waals surface area contributed by atoms with Crippen molar-refractivity contribution in [3.63, 3.8) is 0 Å². The van der Waals surface area contributed by atoms with E-state index in [0.717, 1.165) is 22.6 Å². The number of fused-ring (bicyclic) bond motifs is 3. The predicted octanol–water partition coefficient (Wildman–Crippen LogP) is 4.32. The molecule has 0 unspecified atom stereocenters. The Bertz CT molecular complexity index is 684. The second-order valence-electron chi connectivity index (χ2n) is 5.90. The lowest BCUT2D eigenvalue weighted by Crippen LogP contribution is -2.27. The zero-order chi connectivity index (χ0) is 13.7. The SMILES string of the molecule is O=C(Nc1nc2ccc(Cl)cc2s1)[C@H]1C[C@@H]2CC[C@@H]1C2. The van der Waals surface area contributed by atoms with E-state index in [1.165, 1.54) is 30.6 Å². The number of hydrogen-bond acceptors (Lipinski definition) is 3. The number of carbonyl (C=O) groups excluding carboxylic acids is 1. The van der Waals surface area contributed by atoms with Gasteiger partial charge in [-0.3, -0.25) is 4.79 Å². The smallest absolute Gasteiger partial charge is 0.229 e. The van der Waals surface area contributed by atoms with E-state index >= 15 is 0 Å². The first-order valence-corrected chi connectivity index (χ1v) is 8.25. The average Bonchev–Trinajstić information content (AvgIpc) is 3.11. The van der Waals surface area contributed by atoms with E-state index in [1.807, 2.05) is 18.2 Å². The molecule has 3 nitrogen and oxygen atoms in total. The zero-order valence-corrected chi connectivity index (χ0v) is 12.5.